The standard InChI is InChI=1S/C30H41F2N3O6S/c1-30(2,3)24(18-36)35-26(38)8-7-25(37)33-12-15-40-16-17-41-29-21(5-6-22(31)28(29)32)23-19-42-27(34-23)9-4-20-10-13-39-14-11-20/h5-6,18-20,24H,4,7-17H2,1-3H3,(H,33,37)(H,35,38)/t24-/m1/s1. The van der Waals surface area contributed by atoms with Crippen molar-refractivity contribution in [2.24, 2.45) is 11.3 Å². The molecule has 42 heavy (non-hydrogen) atoms. The Morgan fingerprint density at radius 3 is 2.60 bits per heavy atom. The number of hydrogen-bond donors (Lipinski definition) is 2. The summed E-state index contributed by atoms with van der Waals surface area (Å²) < 4.78 is 45.1. The molecule has 0 spiro atoms. The summed E-state index contributed by atoms with van der Waals surface area (Å²) in [7, 11) is 0. The Labute approximate surface area is 249 Å². The van der Waals surface area contributed by atoms with E-state index in [-0.39, 0.29) is 56.8 Å². The maximum atomic E-state index is 14.7. The number of amides is 2. The molecule has 1 aliphatic rings. The van der Waals surface area contributed by atoms with Gasteiger partial charge in [0, 0.05) is 43.5 Å². The second-order valence-electron chi connectivity index (χ2n) is 11.3. The molecule has 12 heteroatoms. The zero-order chi connectivity index (χ0) is 30.5. The number of rotatable bonds is 16. The fourth-order valence-corrected chi connectivity index (χ4v) is 5.18. The number of carbonyl (C=O) groups is 3. The minimum Gasteiger partial charge on any atom is -0.487 e. The zero-order valence-electron chi connectivity index (χ0n) is 24.5. The van der Waals surface area contributed by atoms with Crippen molar-refractivity contribution >= 4 is 29.4 Å². The summed E-state index contributed by atoms with van der Waals surface area (Å²) >= 11 is 1.49. The van der Waals surface area contributed by atoms with Gasteiger partial charge in [-0.1, -0.05) is 20.8 Å². The zero-order valence-corrected chi connectivity index (χ0v) is 25.3. The lowest BCUT2D eigenvalue weighted by Crippen LogP contribution is -2.45. The molecule has 2 N–H and O–H groups in total. The van der Waals surface area contributed by atoms with Gasteiger partial charge in [0.25, 0.3) is 0 Å². The number of benzene rings is 1. The van der Waals surface area contributed by atoms with E-state index in [1.165, 1.54) is 17.4 Å². The predicted octanol–water partition coefficient (Wildman–Crippen LogP) is 4.47. The summed E-state index contributed by atoms with van der Waals surface area (Å²) in [6.07, 6.45) is 4.56. The Morgan fingerprint density at radius 1 is 1.14 bits per heavy atom. The van der Waals surface area contributed by atoms with Crippen LogP contribution in [0.15, 0.2) is 17.5 Å². The molecule has 0 radical (unpaired) electrons. The molecule has 0 saturated carbocycles. The fraction of sp³-hybridized carbons (Fsp3) is 0.600. The first kappa shape index (κ1) is 33.5. The van der Waals surface area contributed by atoms with Gasteiger partial charge in [-0.25, -0.2) is 9.37 Å². The third-order valence-corrected chi connectivity index (χ3v) is 7.90. The van der Waals surface area contributed by atoms with Crippen LogP contribution in [0, 0.1) is 23.0 Å². The van der Waals surface area contributed by atoms with Gasteiger partial charge < -0.3 is 29.6 Å². The molecule has 1 saturated heterocycles. The van der Waals surface area contributed by atoms with E-state index < -0.39 is 23.1 Å². The Balaban J connectivity index is 1.38. The number of hydrogen-bond acceptors (Lipinski definition) is 8. The van der Waals surface area contributed by atoms with E-state index >= 15 is 0 Å². The van der Waals surface area contributed by atoms with Crippen molar-refractivity contribution in [2.75, 3.05) is 39.6 Å². The molecular formula is C30H41F2N3O6S. The highest BCUT2D eigenvalue weighted by Crippen LogP contribution is 2.35. The first-order valence-electron chi connectivity index (χ1n) is 14.3. The SMILES string of the molecule is CC(C)(C)[C@@H](C=O)NC(=O)CCC(=O)NCCOCCOc1c(-c2csc(CCC3CCOCC3)n2)ccc(F)c1F. The molecule has 1 fully saturated rings. The number of nitrogens with zero attached hydrogens (tertiary/aromatic N) is 1. The van der Waals surface area contributed by atoms with Crippen molar-refractivity contribution in [3.05, 3.63) is 34.2 Å². The molecule has 2 heterocycles. The average Bonchev–Trinajstić information content (AvgIpc) is 3.44. The quantitative estimate of drug-likeness (QED) is 0.213. The minimum atomic E-state index is -1.08. The van der Waals surface area contributed by atoms with Crippen LogP contribution in [0.2, 0.25) is 0 Å². The number of aldehydes is 1. The van der Waals surface area contributed by atoms with Crippen LogP contribution in [0.3, 0.4) is 0 Å². The van der Waals surface area contributed by atoms with Gasteiger partial charge in [0.05, 0.1) is 30.0 Å². The lowest BCUT2D eigenvalue weighted by Gasteiger charge is -2.26. The number of carbonyl (C=O) groups excluding carboxylic acids is 3. The molecule has 9 nitrogen and oxygen atoms in total. The van der Waals surface area contributed by atoms with Crippen LogP contribution in [-0.2, 0) is 30.3 Å². The monoisotopic (exact) mass is 609 g/mol. The van der Waals surface area contributed by atoms with E-state index in [0.717, 1.165) is 50.0 Å². The summed E-state index contributed by atoms with van der Waals surface area (Å²) in [6.45, 7) is 7.52. The molecule has 232 valence electrons. The van der Waals surface area contributed by atoms with Crippen molar-refractivity contribution in [1.82, 2.24) is 15.6 Å². The molecule has 1 aliphatic heterocycles. The maximum Gasteiger partial charge on any atom is 0.221 e. The van der Waals surface area contributed by atoms with Gasteiger partial charge in [-0.15, -0.1) is 11.3 Å². The van der Waals surface area contributed by atoms with E-state index in [4.69, 9.17) is 14.2 Å². The fourth-order valence-electron chi connectivity index (χ4n) is 4.37. The van der Waals surface area contributed by atoms with Crippen LogP contribution in [0.25, 0.3) is 11.3 Å². The molecule has 0 bridgehead atoms. The highest BCUT2D eigenvalue weighted by molar-refractivity contribution is 7.09. The summed E-state index contributed by atoms with van der Waals surface area (Å²) in [5.74, 6) is -2.40. The number of aromatic nitrogens is 1. The van der Waals surface area contributed by atoms with E-state index in [1.54, 1.807) is 0 Å². The molecule has 1 aromatic carbocycles. The number of aryl methyl sites for hydroxylation is 1. The predicted molar refractivity (Wildman–Crippen MR) is 155 cm³/mol. The van der Waals surface area contributed by atoms with Crippen LogP contribution in [0.4, 0.5) is 8.78 Å². The number of thiazole rings is 1. The molecule has 1 atom stereocenters. The maximum absolute atomic E-state index is 14.7. The van der Waals surface area contributed by atoms with Gasteiger partial charge in [0.2, 0.25) is 17.6 Å². The lowest BCUT2D eigenvalue weighted by molar-refractivity contribution is -0.128. The number of halogens is 2. The van der Waals surface area contributed by atoms with Gasteiger partial charge in [0.15, 0.2) is 11.6 Å². The van der Waals surface area contributed by atoms with E-state index in [2.05, 4.69) is 15.6 Å². The minimum absolute atomic E-state index is 0.0276. The highest BCUT2D eigenvalue weighted by Gasteiger charge is 2.25. The topological polar surface area (TPSA) is 116 Å². The summed E-state index contributed by atoms with van der Waals surface area (Å²) in [6, 6.07) is 1.89. The first-order chi connectivity index (χ1) is 20.1. The van der Waals surface area contributed by atoms with E-state index in [9.17, 15) is 23.2 Å². The molecule has 0 aliphatic carbocycles. The number of ether oxygens (including phenoxy) is 3. The third kappa shape index (κ3) is 10.7. The Kier molecular flexibility index (Phi) is 13.3. The van der Waals surface area contributed by atoms with E-state index in [0.29, 0.717) is 23.5 Å². The summed E-state index contributed by atoms with van der Waals surface area (Å²) in [5, 5.41) is 8.04. The molecule has 0 unspecified atom stereocenters. The smallest absolute Gasteiger partial charge is 0.221 e. The molecule has 1 aromatic heterocycles. The molecule has 3 rings (SSSR count). The van der Waals surface area contributed by atoms with Crippen molar-refractivity contribution in [3.8, 4) is 17.0 Å². The van der Waals surface area contributed by atoms with Crippen LogP contribution >= 0.6 is 11.3 Å². The van der Waals surface area contributed by atoms with E-state index in [1.807, 2.05) is 26.2 Å². The largest absolute Gasteiger partial charge is 0.487 e. The Morgan fingerprint density at radius 2 is 1.88 bits per heavy atom. The molecular weight excluding hydrogens is 568 g/mol. The van der Waals surface area contributed by atoms with Crippen LogP contribution in [-0.4, -0.2) is 68.7 Å². The Bertz CT molecular complexity index is 1180. The van der Waals surface area contributed by atoms with Gasteiger partial charge in [0.1, 0.15) is 12.9 Å². The molecule has 2 amide bonds. The Hall–Kier alpha value is -2.96. The van der Waals surface area contributed by atoms with Gasteiger partial charge in [-0.2, -0.15) is 4.39 Å². The number of nitrogens with one attached hydrogen (secondary N) is 2. The van der Waals surface area contributed by atoms with Gasteiger partial charge >= 0.3 is 0 Å². The third-order valence-electron chi connectivity index (χ3n) is 6.99. The van der Waals surface area contributed by atoms with Crippen LogP contribution < -0.4 is 15.4 Å². The van der Waals surface area contributed by atoms with Crippen molar-refractivity contribution in [1.29, 1.82) is 0 Å². The highest BCUT2D eigenvalue weighted by atomic mass is 32.1. The van der Waals surface area contributed by atoms with Gasteiger partial charge in [-0.3, -0.25) is 9.59 Å². The summed E-state index contributed by atoms with van der Waals surface area (Å²) in [5.41, 5.74) is 0.492. The first-order valence-corrected chi connectivity index (χ1v) is 15.2. The van der Waals surface area contributed by atoms with Crippen molar-refractivity contribution in [3.63, 3.8) is 0 Å². The second kappa shape index (κ2) is 16.6. The van der Waals surface area contributed by atoms with Crippen LogP contribution in [0.5, 0.6) is 5.75 Å². The average molecular weight is 610 g/mol. The molecule has 2 aromatic rings. The van der Waals surface area contributed by atoms with Gasteiger partial charge in [-0.05, 0) is 49.1 Å². The summed E-state index contributed by atoms with van der Waals surface area (Å²) in [4.78, 5) is 39.9. The second-order valence-corrected chi connectivity index (χ2v) is 12.3. The van der Waals surface area contributed by atoms with Crippen LogP contribution in [0.1, 0.15) is 57.9 Å². The normalized spacial score (nSPS) is 14.8. The lowest BCUT2D eigenvalue weighted by atomic mass is 9.87. The van der Waals surface area contributed by atoms with Crippen molar-refractivity contribution < 1.29 is 37.4 Å². The van der Waals surface area contributed by atoms with Crippen molar-refractivity contribution in [2.45, 2.75) is 65.3 Å².